The Morgan fingerprint density at radius 2 is 1.94 bits per heavy atom. The van der Waals surface area contributed by atoms with E-state index in [-0.39, 0.29) is 5.69 Å². The van der Waals surface area contributed by atoms with E-state index in [1.165, 1.54) is 12.3 Å². The van der Waals surface area contributed by atoms with E-state index in [1.807, 2.05) is 0 Å². The zero-order chi connectivity index (χ0) is 13.2. The highest BCUT2D eigenvalue weighted by molar-refractivity contribution is 5.63. The summed E-state index contributed by atoms with van der Waals surface area (Å²) in [4.78, 5) is 3.85. The zero-order valence-corrected chi connectivity index (χ0v) is 9.62. The first-order chi connectivity index (χ1) is 8.47. The molecule has 2 rings (SSSR count). The van der Waals surface area contributed by atoms with Crippen molar-refractivity contribution in [3.8, 4) is 0 Å². The molecule has 0 spiro atoms. The van der Waals surface area contributed by atoms with Crippen molar-refractivity contribution in [3.05, 3.63) is 53.9 Å². The summed E-state index contributed by atoms with van der Waals surface area (Å²) in [5.41, 5.74) is 0.443. The molecule has 1 N–H and O–H groups in total. The minimum absolute atomic E-state index is 0.0288. The molecule has 0 saturated carbocycles. The number of aromatic nitrogens is 1. The lowest BCUT2D eigenvalue weighted by Crippen LogP contribution is -2.09. The van der Waals surface area contributed by atoms with Crippen molar-refractivity contribution in [1.29, 1.82) is 0 Å². The number of anilines is 2. The van der Waals surface area contributed by atoms with E-state index >= 15 is 0 Å². The summed E-state index contributed by atoms with van der Waals surface area (Å²) in [5.74, 6) is 0. The largest absolute Gasteiger partial charge is 0.418 e. The second-order valence-electron chi connectivity index (χ2n) is 3.91. The Labute approximate surface area is 102 Å². The third kappa shape index (κ3) is 2.80. The summed E-state index contributed by atoms with van der Waals surface area (Å²) in [6, 6.07) is 7.49. The van der Waals surface area contributed by atoms with Crippen molar-refractivity contribution in [2.45, 2.75) is 13.1 Å². The van der Waals surface area contributed by atoms with Crippen LogP contribution in [0.15, 0.2) is 42.7 Å². The Morgan fingerprint density at radius 3 is 2.56 bits per heavy atom. The van der Waals surface area contributed by atoms with Crippen LogP contribution in [0.4, 0.5) is 24.5 Å². The number of benzene rings is 1. The van der Waals surface area contributed by atoms with Crippen LogP contribution in [0.1, 0.15) is 11.1 Å². The summed E-state index contributed by atoms with van der Waals surface area (Å²) in [5, 5.41) is 2.72. The van der Waals surface area contributed by atoms with Crippen LogP contribution < -0.4 is 5.32 Å². The van der Waals surface area contributed by atoms with Crippen LogP contribution in [0.3, 0.4) is 0 Å². The number of nitrogens with one attached hydrogen (secondary N) is 1. The normalized spacial score (nSPS) is 11.3. The summed E-state index contributed by atoms with van der Waals surface area (Å²) in [6.45, 7) is 1.63. The number of pyridine rings is 1. The summed E-state index contributed by atoms with van der Waals surface area (Å²) >= 11 is 0. The van der Waals surface area contributed by atoms with Crippen LogP contribution in [0.2, 0.25) is 0 Å². The molecule has 0 aliphatic heterocycles. The molecule has 1 aromatic heterocycles. The number of hydrogen-bond donors (Lipinski definition) is 1. The standard InChI is InChI=1S/C13H11F3N2/c1-9-4-5-12(11(7-9)13(14,15)16)18-10-3-2-6-17-8-10/h2-8,18H,1H3. The van der Waals surface area contributed by atoms with E-state index in [9.17, 15) is 13.2 Å². The second-order valence-corrected chi connectivity index (χ2v) is 3.91. The Kier molecular flexibility index (Phi) is 3.23. The topological polar surface area (TPSA) is 24.9 Å². The molecule has 94 valence electrons. The van der Waals surface area contributed by atoms with Gasteiger partial charge in [0.05, 0.1) is 23.1 Å². The molecule has 5 heteroatoms. The van der Waals surface area contributed by atoms with E-state index in [0.29, 0.717) is 11.3 Å². The molecule has 0 fully saturated rings. The molecular formula is C13H11F3N2. The molecule has 0 saturated heterocycles. The number of rotatable bonds is 2. The fraction of sp³-hybridized carbons (Fsp3) is 0.154. The van der Waals surface area contributed by atoms with Crippen molar-refractivity contribution in [3.63, 3.8) is 0 Å². The van der Waals surface area contributed by atoms with Crippen LogP contribution in [-0.2, 0) is 6.18 Å². The Balaban J connectivity index is 2.39. The van der Waals surface area contributed by atoms with Crippen LogP contribution in [0.5, 0.6) is 0 Å². The van der Waals surface area contributed by atoms with E-state index in [0.717, 1.165) is 6.07 Å². The van der Waals surface area contributed by atoms with Gasteiger partial charge in [0.25, 0.3) is 0 Å². The number of aryl methyl sites for hydroxylation is 1. The molecule has 0 aliphatic rings. The minimum Gasteiger partial charge on any atom is -0.354 e. The lowest BCUT2D eigenvalue weighted by molar-refractivity contribution is -0.137. The molecule has 0 amide bonds. The van der Waals surface area contributed by atoms with Crippen LogP contribution in [0.25, 0.3) is 0 Å². The fourth-order valence-corrected chi connectivity index (χ4v) is 1.59. The van der Waals surface area contributed by atoms with Crippen molar-refractivity contribution in [2.24, 2.45) is 0 Å². The lowest BCUT2D eigenvalue weighted by Gasteiger charge is -2.15. The van der Waals surface area contributed by atoms with Gasteiger partial charge in [0, 0.05) is 6.20 Å². The summed E-state index contributed by atoms with van der Waals surface area (Å²) in [6.07, 6.45) is -1.35. The molecule has 2 nitrogen and oxygen atoms in total. The number of halogens is 3. The molecule has 1 aromatic carbocycles. The number of alkyl halides is 3. The third-order valence-corrected chi connectivity index (χ3v) is 2.42. The quantitative estimate of drug-likeness (QED) is 0.868. The van der Waals surface area contributed by atoms with Gasteiger partial charge in [-0.3, -0.25) is 4.98 Å². The average molecular weight is 252 g/mol. The maximum Gasteiger partial charge on any atom is 0.418 e. The van der Waals surface area contributed by atoms with Crippen LogP contribution in [-0.4, -0.2) is 4.98 Å². The molecule has 1 heterocycles. The first-order valence-corrected chi connectivity index (χ1v) is 5.32. The van der Waals surface area contributed by atoms with Gasteiger partial charge >= 0.3 is 6.18 Å². The van der Waals surface area contributed by atoms with Crippen molar-refractivity contribution >= 4 is 11.4 Å². The second kappa shape index (κ2) is 4.68. The smallest absolute Gasteiger partial charge is 0.354 e. The van der Waals surface area contributed by atoms with Crippen LogP contribution in [0, 0.1) is 6.92 Å². The maximum absolute atomic E-state index is 12.9. The predicted molar refractivity (Wildman–Crippen MR) is 63.7 cm³/mol. The third-order valence-electron chi connectivity index (χ3n) is 2.42. The first kappa shape index (κ1) is 12.4. The Morgan fingerprint density at radius 1 is 1.17 bits per heavy atom. The average Bonchev–Trinajstić information content (AvgIpc) is 2.31. The van der Waals surface area contributed by atoms with Crippen molar-refractivity contribution in [1.82, 2.24) is 4.98 Å². The summed E-state index contributed by atoms with van der Waals surface area (Å²) < 4.78 is 38.6. The number of hydrogen-bond acceptors (Lipinski definition) is 2. The van der Waals surface area contributed by atoms with E-state index in [4.69, 9.17) is 0 Å². The van der Waals surface area contributed by atoms with Gasteiger partial charge < -0.3 is 5.32 Å². The van der Waals surface area contributed by atoms with Gasteiger partial charge in [-0.15, -0.1) is 0 Å². The van der Waals surface area contributed by atoms with Gasteiger partial charge in [-0.1, -0.05) is 11.6 Å². The highest BCUT2D eigenvalue weighted by Crippen LogP contribution is 2.36. The zero-order valence-electron chi connectivity index (χ0n) is 9.62. The van der Waals surface area contributed by atoms with Gasteiger partial charge in [-0.2, -0.15) is 13.2 Å². The van der Waals surface area contributed by atoms with Crippen molar-refractivity contribution < 1.29 is 13.2 Å². The first-order valence-electron chi connectivity index (χ1n) is 5.32. The highest BCUT2D eigenvalue weighted by atomic mass is 19.4. The summed E-state index contributed by atoms with van der Waals surface area (Å²) in [7, 11) is 0. The van der Waals surface area contributed by atoms with Crippen molar-refractivity contribution in [2.75, 3.05) is 5.32 Å². The SMILES string of the molecule is Cc1ccc(Nc2cccnc2)c(C(F)(F)F)c1. The molecule has 0 aliphatic carbocycles. The Hall–Kier alpha value is -2.04. The molecule has 0 radical (unpaired) electrons. The minimum atomic E-state index is -4.38. The molecule has 18 heavy (non-hydrogen) atoms. The molecule has 2 aromatic rings. The van der Waals surface area contributed by atoms with E-state index < -0.39 is 11.7 Å². The monoisotopic (exact) mass is 252 g/mol. The molecule has 0 bridgehead atoms. The predicted octanol–water partition coefficient (Wildman–Crippen LogP) is 4.15. The molecule has 0 atom stereocenters. The van der Waals surface area contributed by atoms with Crippen LogP contribution >= 0.6 is 0 Å². The molecule has 0 unspecified atom stereocenters. The van der Waals surface area contributed by atoms with Gasteiger partial charge in [-0.25, -0.2) is 0 Å². The van der Waals surface area contributed by atoms with Gasteiger partial charge in [0.1, 0.15) is 0 Å². The highest BCUT2D eigenvalue weighted by Gasteiger charge is 2.33. The molecular weight excluding hydrogens is 241 g/mol. The van der Waals surface area contributed by atoms with Gasteiger partial charge in [0.2, 0.25) is 0 Å². The lowest BCUT2D eigenvalue weighted by atomic mass is 10.1. The van der Waals surface area contributed by atoms with E-state index in [2.05, 4.69) is 10.3 Å². The maximum atomic E-state index is 12.9. The van der Waals surface area contributed by atoms with Gasteiger partial charge in [-0.05, 0) is 31.2 Å². The van der Waals surface area contributed by atoms with E-state index in [1.54, 1.807) is 31.3 Å². The number of nitrogens with zero attached hydrogens (tertiary/aromatic N) is 1. The fourth-order valence-electron chi connectivity index (χ4n) is 1.59. The Bertz CT molecular complexity index is 536. The van der Waals surface area contributed by atoms with Gasteiger partial charge in [0.15, 0.2) is 0 Å².